The fraction of sp³-hybridized carbons (Fsp3) is 0.533. The van der Waals surface area contributed by atoms with Crippen molar-refractivity contribution in [2.45, 2.75) is 44.3 Å². The summed E-state index contributed by atoms with van der Waals surface area (Å²) in [7, 11) is 0. The Labute approximate surface area is 136 Å². The third-order valence-corrected chi connectivity index (χ3v) is 3.55. The Morgan fingerprint density at radius 2 is 2.12 bits per heavy atom. The molecule has 2 rings (SSSR count). The molecule has 1 aromatic heterocycles. The molecule has 6 nitrogen and oxygen atoms in total. The average Bonchev–Trinajstić information content (AvgIpc) is 3.33. The van der Waals surface area contributed by atoms with Crippen molar-refractivity contribution in [3.05, 3.63) is 23.5 Å². The molecule has 1 aliphatic rings. The molecule has 0 aromatic carbocycles. The van der Waals surface area contributed by atoms with Gasteiger partial charge in [0.15, 0.2) is 6.61 Å². The number of carboxylic acid groups (broad SMARTS) is 1. The van der Waals surface area contributed by atoms with Gasteiger partial charge in [0.1, 0.15) is 17.5 Å². The normalized spacial score (nSPS) is 15.7. The van der Waals surface area contributed by atoms with Crippen molar-refractivity contribution in [1.29, 1.82) is 0 Å². The highest BCUT2D eigenvalue weighted by Crippen LogP contribution is 2.44. The van der Waals surface area contributed by atoms with Crippen LogP contribution in [-0.2, 0) is 4.79 Å². The van der Waals surface area contributed by atoms with Crippen LogP contribution in [0.4, 0.5) is 13.2 Å². The highest BCUT2D eigenvalue weighted by Gasteiger charge is 2.32. The van der Waals surface area contributed by atoms with Crippen molar-refractivity contribution in [2.24, 2.45) is 0 Å². The van der Waals surface area contributed by atoms with Crippen LogP contribution in [-0.4, -0.2) is 40.8 Å². The van der Waals surface area contributed by atoms with Crippen molar-refractivity contribution in [3.8, 4) is 5.75 Å². The first-order valence-electron chi connectivity index (χ1n) is 7.44. The van der Waals surface area contributed by atoms with Crippen LogP contribution in [0.2, 0.25) is 0 Å². The van der Waals surface area contributed by atoms with E-state index in [9.17, 15) is 22.8 Å². The van der Waals surface area contributed by atoms with Crippen LogP contribution in [0.1, 0.15) is 48.2 Å². The molecular formula is C15H17F3N2O4. The first-order valence-corrected chi connectivity index (χ1v) is 7.44. The summed E-state index contributed by atoms with van der Waals surface area (Å²) in [6.45, 7) is 0.116. The molecule has 24 heavy (non-hydrogen) atoms. The highest BCUT2D eigenvalue weighted by molar-refractivity contribution is 5.95. The molecule has 2 N–H and O–H groups in total. The van der Waals surface area contributed by atoms with Crippen molar-refractivity contribution in [2.75, 3.05) is 6.61 Å². The van der Waals surface area contributed by atoms with E-state index in [1.165, 1.54) is 6.20 Å². The predicted molar refractivity (Wildman–Crippen MR) is 76.9 cm³/mol. The lowest BCUT2D eigenvalue weighted by molar-refractivity contribution is -0.153. The molecule has 1 aliphatic carbocycles. The molecule has 1 heterocycles. The summed E-state index contributed by atoms with van der Waals surface area (Å²) < 4.78 is 41.9. The Morgan fingerprint density at radius 1 is 1.46 bits per heavy atom. The number of ether oxygens (including phenoxy) is 1. The summed E-state index contributed by atoms with van der Waals surface area (Å²) >= 11 is 0. The number of halogens is 3. The zero-order valence-electron chi connectivity index (χ0n) is 12.9. The molecule has 0 bridgehead atoms. The number of alkyl halides is 3. The van der Waals surface area contributed by atoms with E-state index >= 15 is 0 Å². The molecule has 1 unspecified atom stereocenters. The SMILES string of the molecule is CCC(NC(=O)c1cc(OCC(F)(F)F)c(C2CC2)cn1)C(=O)O. The van der Waals surface area contributed by atoms with Gasteiger partial charge in [-0.1, -0.05) is 6.92 Å². The number of aromatic nitrogens is 1. The largest absolute Gasteiger partial charge is 0.484 e. The van der Waals surface area contributed by atoms with Crippen molar-refractivity contribution < 1.29 is 32.6 Å². The summed E-state index contributed by atoms with van der Waals surface area (Å²) in [6, 6.07) is 0.0329. The first kappa shape index (κ1) is 18.0. The van der Waals surface area contributed by atoms with E-state index < -0.39 is 30.7 Å². The summed E-state index contributed by atoms with van der Waals surface area (Å²) in [5, 5.41) is 11.2. The molecule has 1 aromatic rings. The number of pyridine rings is 1. The lowest BCUT2D eigenvalue weighted by Crippen LogP contribution is -2.40. The first-order chi connectivity index (χ1) is 11.2. The maximum absolute atomic E-state index is 12.4. The van der Waals surface area contributed by atoms with Gasteiger partial charge in [0, 0.05) is 17.8 Å². The Hall–Kier alpha value is -2.32. The number of aliphatic carboxylic acids is 1. The molecule has 0 spiro atoms. The van der Waals surface area contributed by atoms with Gasteiger partial charge < -0.3 is 15.2 Å². The standard InChI is InChI=1S/C15H17F3N2O4/c1-2-10(14(22)23)20-13(21)11-5-12(24-7-15(16,17)18)9(6-19-11)8-3-4-8/h5-6,8,10H,2-4,7H2,1H3,(H,20,21)(H,22,23). The summed E-state index contributed by atoms with van der Waals surface area (Å²) in [6.07, 6.45) is -1.36. The van der Waals surface area contributed by atoms with E-state index in [-0.39, 0.29) is 23.8 Å². The predicted octanol–water partition coefficient (Wildman–Crippen LogP) is 2.49. The van der Waals surface area contributed by atoms with Gasteiger partial charge in [-0.25, -0.2) is 4.79 Å². The van der Waals surface area contributed by atoms with Gasteiger partial charge in [-0.15, -0.1) is 0 Å². The van der Waals surface area contributed by atoms with Crippen LogP contribution in [0, 0.1) is 0 Å². The number of hydrogen-bond donors (Lipinski definition) is 2. The Balaban J connectivity index is 2.18. The zero-order valence-corrected chi connectivity index (χ0v) is 12.9. The lowest BCUT2D eigenvalue weighted by atomic mass is 10.1. The molecule has 9 heteroatoms. The van der Waals surface area contributed by atoms with Gasteiger partial charge in [-0.3, -0.25) is 9.78 Å². The number of carbonyl (C=O) groups is 2. The summed E-state index contributed by atoms with van der Waals surface area (Å²) in [5.41, 5.74) is 0.345. The number of carboxylic acids is 1. The maximum Gasteiger partial charge on any atom is 0.422 e. The molecule has 132 valence electrons. The highest BCUT2D eigenvalue weighted by atomic mass is 19.4. The minimum atomic E-state index is -4.50. The second kappa shape index (κ2) is 7.06. The monoisotopic (exact) mass is 346 g/mol. The smallest absolute Gasteiger partial charge is 0.422 e. The van der Waals surface area contributed by atoms with Gasteiger partial charge in [-0.05, 0) is 25.2 Å². The second-order valence-corrected chi connectivity index (χ2v) is 5.56. The number of rotatable bonds is 7. The van der Waals surface area contributed by atoms with Crippen LogP contribution in [0.3, 0.4) is 0 Å². The van der Waals surface area contributed by atoms with E-state index in [4.69, 9.17) is 9.84 Å². The fourth-order valence-corrected chi connectivity index (χ4v) is 2.13. The lowest BCUT2D eigenvalue weighted by Gasteiger charge is -2.15. The molecule has 0 aliphatic heterocycles. The Kier molecular flexibility index (Phi) is 5.30. The Bertz CT molecular complexity index is 630. The van der Waals surface area contributed by atoms with E-state index in [2.05, 4.69) is 10.3 Å². The van der Waals surface area contributed by atoms with Crippen LogP contribution in [0.25, 0.3) is 0 Å². The summed E-state index contributed by atoms with van der Waals surface area (Å²) in [5.74, 6) is -1.93. The van der Waals surface area contributed by atoms with E-state index in [1.807, 2.05) is 0 Å². The van der Waals surface area contributed by atoms with Gasteiger partial charge in [-0.2, -0.15) is 13.2 Å². The summed E-state index contributed by atoms with van der Waals surface area (Å²) in [4.78, 5) is 26.9. The van der Waals surface area contributed by atoms with Crippen LogP contribution >= 0.6 is 0 Å². The number of amides is 1. The third kappa shape index (κ3) is 4.84. The minimum absolute atomic E-state index is 0.0432. The van der Waals surface area contributed by atoms with E-state index in [0.717, 1.165) is 18.9 Å². The topological polar surface area (TPSA) is 88.5 Å². The molecule has 1 amide bonds. The minimum Gasteiger partial charge on any atom is -0.484 e. The third-order valence-electron chi connectivity index (χ3n) is 3.55. The zero-order chi connectivity index (χ0) is 17.9. The average molecular weight is 346 g/mol. The molecular weight excluding hydrogens is 329 g/mol. The van der Waals surface area contributed by atoms with Gasteiger partial charge in [0.25, 0.3) is 5.91 Å². The molecule has 0 radical (unpaired) electrons. The fourth-order valence-electron chi connectivity index (χ4n) is 2.13. The van der Waals surface area contributed by atoms with Crippen molar-refractivity contribution in [1.82, 2.24) is 10.3 Å². The molecule has 1 atom stereocenters. The van der Waals surface area contributed by atoms with Crippen LogP contribution in [0.5, 0.6) is 5.75 Å². The number of nitrogens with zero attached hydrogens (tertiary/aromatic N) is 1. The Morgan fingerprint density at radius 3 is 2.62 bits per heavy atom. The number of hydrogen-bond acceptors (Lipinski definition) is 4. The van der Waals surface area contributed by atoms with E-state index in [1.54, 1.807) is 6.92 Å². The van der Waals surface area contributed by atoms with Crippen molar-refractivity contribution in [3.63, 3.8) is 0 Å². The van der Waals surface area contributed by atoms with Crippen LogP contribution < -0.4 is 10.1 Å². The van der Waals surface area contributed by atoms with Crippen molar-refractivity contribution >= 4 is 11.9 Å². The quantitative estimate of drug-likeness (QED) is 0.792. The number of nitrogens with one attached hydrogen (secondary N) is 1. The maximum atomic E-state index is 12.4. The van der Waals surface area contributed by atoms with Crippen LogP contribution in [0.15, 0.2) is 12.3 Å². The van der Waals surface area contributed by atoms with E-state index in [0.29, 0.717) is 5.56 Å². The van der Waals surface area contributed by atoms with Gasteiger partial charge in [0.05, 0.1) is 0 Å². The van der Waals surface area contributed by atoms with Gasteiger partial charge >= 0.3 is 12.1 Å². The molecule has 1 saturated carbocycles. The molecule has 1 fully saturated rings. The van der Waals surface area contributed by atoms with Gasteiger partial charge in [0.2, 0.25) is 0 Å². The molecule has 0 saturated heterocycles. The number of carbonyl (C=O) groups excluding carboxylic acids is 1. The second-order valence-electron chi connectivity index (χ2n) is 5.56.